The Hall–Kier alpha value is -1.68. The van der Waals surface area contributed by atoms with Gasteiger partial charge in [-0.15, -0.1) is 10.2 Å². The molecule has 1 aromatic carbocycles. The van der Waals surface area contributed by atoms with E-state index in [1.54, 1.807) is 0 Å². The third-order valence-electron chi connectivity index (χ3n) is 3.70. The van der Waals surface area contributed by atoms with Crippen LogP contribution >= 0.6 is 0 Å². The molecule has 3 rings (SSSR count). The summed E-state index contributed by atoms with van der Waals surface area (Å²) in [5.74, 6) is 3.12. The van der Waals surface area contributed by atoms with Crippen LogP contribution in [0.3, 0.4) is 0 Å². The molecule has 0 bridgehead atoms. The first-order valence-corrected chi connectivity index (χ1v) is 6.52. The van der Waals surface area contributed by atoms with Crippen molar-refractivity contribution in [3.63, 3.8) is 0 Å². The number of benzene rings is 1. The van der Waals surface area contributed by atoms with Gasteiger partial charge in [-0.3, -0.25) is 0 Å². The largest absolute Gasteiger partial charge is 0.324 e. The van der Waals surface area contributed by atoms with E-state index < -0.39 is 0 Å². The fourth-order valence-corrected chi connectivity index (χ4v) is 2.67. The molecule has 0 saturated heterocycles. The van der Waals surface area contributed by atoms with Crippen LogP contribution in [0.5, 0.6) is 0 Å². The molecule has 94 valence electrons. The molecule has 18 heavy (non-hydrogen) atoms. The summed E-state index contributed by atoms with van der Waals surface area (Å²) in [6.45, 7) is 3.47. The van der Waals surface area contributed by atoms with E-state index in [9.17, 15) is 0 Å². The Labute approximate surface area is 107 Å². The van der Waals surface area contributed by atoms with Crippen LogP contribution in [0, 0.1) is 0 Å². The Morgan fingerprint density at radius 1 is 1.22 bits per heavy atom. The zero-order valence-corrected chi connectivity index (χ0v) is 10.6. The first-order chi connectivity index (χ1) is 8.85. The van der Waals surface area contributed by atoms with Gasteiger partial charge in [-0.2, -0.15) is 0 Å². The second-order valence-electron chi connectivity index (χ2n) is 4.78. The minimum absolute atomic E-state index is 0.462. The molecule has 2 N–H and O–H groups in total. The molecule has 2 aromatic rings. The molecule has 1 heterocycles. The van der Waals surface area contributed by atoms with E-state index in [-0.39, 0.29) is 0 Å². The van der Waals surface area contributed by atoms with Gasteiger partial charge in [0.2, 0.25) is 0 Å². The molecule has 0 aliphatic heterocycles. The van der Waals surface area contributed by atoms with Crippen LogP contribution in [0.4, 0.5) is 0 Å². The van der Waals surface area contributed by atoms with E-state index in [1.165, 1.54) is 12.0 Å². The maximum atomic E-state index is 5.68. The van der Waals surface area contributed by atoms with Crippen LogP contribution in [0.25, 0.3) is 0 Å². The SMILES string of the molecule is CCn1c(CN)nnc1C1CC1c1ccccc1. The van der Waals surface area contributed by atoms with E-state index in [2.05, 4.69) is 52.0 Å². The standard InChI is InChI=1S/C14H18N4/c1-2-18-13(9-15)16-17-14(18)12-8-11(12)10-6-4-3-5-7-10/h3-7,11-12H,2,8-9,15H2,1H3. The Kier molecular flexibility index (Phi) is 2.88. The molecule has 1 aliphatic carbocycles. The lowest BCUT2D eigenvalue weighted by molar-refractivity contribution is 0.657. The lowest BCUT2D eigenvalue weighted by Crippen LogP contribution is -2.09. The second kappa shape index (κ2) is 4.53. The molecule has 1 fully saturated rings. The first kappa shape index (κ1) is 11.4. The van der Waals surface area contributed by atoms with Crippen LogP contribution in [0.15, 0.2) is 30.3 Å². The highest BCUT2D eigenvalue weighted by atomic mass is 15.3. The predicted molar refractivity (Wildman–Crippen MR) is 70.1 cm³/mol. The van der Waals surface area contributed by atoms with Crippen LogP contribution in [-0.4, -0.2) is 14.8 Å². The third-order valence-corrected chi connectivity index (χ3v) is 3.70. The monoisotopic (exact) mass is 242 g/mol. The van der Waals surface area contributed by atoms with Crippen molar-refractivity contribution in [3.05, 3.63) is 47.5 Å². The summed E-state index contributed by atoms with van der Waals surface area (Å²) in [6, 6.07) is 10.6. The number of nitrogens with zero attached hydrogens (tertiary/aromatic N) is 3. The van der Waals surface area contributed by atoms with E-state index in [0.29, 0.717) is 18.4 Å². The maximum Gasteiger partial charge on any atom is 0.146 e. The summed E-state index contributed by atoms with van der Waals surface area (Å²) in [4.78, 5) is 0. The number of aromatic nitrogens is 3. The van der Waals surface area contributed by atoms with Crippen molar-refractivity contribution in [3.8, 4) is 0 Å². The zero-order valence-electron chi connectivity index (χ0n) is 10.6. The molecule has 2 unspecified atom stereocenters. The van der Waals surface area contributed by atoms with Gasteiger partial charge in [0, 0.05) is 12.5 Å². The molecule has 1 aliphatic rings. The van der Waals surface area contributed by atoms with Gasteiger partial charge >= 0.3 is 0 Å². The van der Waals surface area contributed by atoms with Crippen LogP contribution < -0.4 is 5.73 Å². The molecule has 0 radical (unpaired) electrons. The lowest BCUT2D eigenvalue weighted by Gasteiger charge is -2.05. The van der Waals surface area contributed by atoms with Gasteiger partial charge in [0.25, 0.3) is 0 Å². The molecule has 1 aromatic heterocycles. The number of rotatable bonds is 4. The van der Waals surface area contributed by atoms with Crippen molar-refractivity contribution in [1.29, 1.82) is 0 Å². The molecule has 0 spiro atoms. The summed E-state index contributed by atoms with van der Waals surface area (Å²) in [6.07, 6.45) is 1.17. The Balaban J connectivity index is 1.84. The Morgan fingerprint density at radius 3 is 2.67 bits per heavy atom. The van der Waals surface area contributed by atoms with Gasteiger partial charge in [-0.1, -0.05) is 30.3 Å². The fraction of sp³-hybridized carbons (Fsp3) is 0.429. The summed E-state index contributed by atoms with van der Waals surface area (Å²) in [7, 11) is 0. The first-order valence-electron chi connectivity index (χ1n) is 6.52. The summed E-state index contributed by atoms with van der Waals surface area (Å²) < 4.78 is 2.16. The van der Waals surface area contributed by atoms with Crippen molar-refractivity contribution in [2.45, 2.75) is 38.3 Å². The predicted octanol–water partition coefficient (Wildman–Crippen LogP) is 2.03. The highest BCUT2D eigenvalue weighted by molar-refractivity contribution is 5.31. The smallest absolute Gasteiger partial charge is 0.146 e. The fourth-order valence-electron chi connectivity index (χ4n) is 2.67. The van der Waals surface area contributed by atoms with E-state index in [1.807, 2.05) is 0 Å². The topological polar surface area (TPSA) is 56.7 Å². The summed E-state index contributed by atoms with van der Waals surface area (Å²) in [5, 5.41) is 8.51. The van der Waals surface area contributed by atoms with Crippen molar-refractivity contribution in [1.82, 2.24) is 14.8 Å². The van der Waals surface area contributed by atoms with E-state index in [0.717, 1.165) is 18.2 Å². The van der Waals surface area contributed by atoms with Crippen LogP contribution in [0.1, 0.15) is 42.4 Å². The second-order valence-corrected chi connectivity index (χ2v) is 4.78. The van der Waals surface area contributed by atoms with Gasteiger partial charge in [0.05, 0.1) is 6.54 Å². The number of hydrogen-bond acceptors (Lipinski definition) is 3. The van der Waals surface area contributed by atoms with Gasteiger partial charge in [0.15, 0.2) is 0 Å². The normalized spacial score (nSPS) is 22.1. The van der Waals surface area contributed by atoms with E-state index in [4.69, 9.17) is 5.73 Å². The minimum Gasteiger partial charge on any atom is -0.324 e. The van der Waals surface area contributed by atoms with E-state index >= 15 is 0 Å². The van der Waals surface area contributed by atoms with Crippen molar-refractivity contribution in [2.24, 2.45) is 5.73 Å². The molecule has 4 nitrogen and oxygen atoms in total. The molecule has 2 atom stereocenters. The maximum absolute atomic E-state index is 5.68. The van der Waals surface area contributed by atoms with Gasteiger partial charge in [0.1, 0.15) is 11.6 Å². The average molecular weight is 242 g/mol. The molecular weight excluding hydrogens is 224 g/mol. The Bertz CT molecular complexity index is 532. The van der Waals surface area contributed by atoms with Crippen molar-refractivity contribution >= 4 is 0 Å². The average Bonchev–Trinajstić information content (AvgIpc) is 3.12. The van der Waals surface area contributed by atoms with Gasteiger partial charge in [-0.05, 0) is 24.8 Å². The van der Waals surface area contributed by atoms with Crippen LogP contribution in [0.2, 0.25) is 0 Å². The molecule has 4 heteroatoms. The van der Waals surface area contributed by atoms with Gasteiger partial charge in [-0.25, -0.2) is 0 Å². The van der Waals surface area contributed by atoms with Crippen molar-refractivity contribution in [2.75, 3.05) is 0 Å². The van der Waals surface area contributed by atoms with Crippen LogP contribution in [-0.2, 0) is 13.1 Å². The zero-order chi connectivity index (χ0) is 12.5. The molecular formula is C14H18N4. The highest BCUT2D eigenvalue weighted by Crippen LogP contribution is 2.53. The summed E-state index contributed by atoms with van der Waals surface area (Å²) in [5.41, 5.74) is 7.09. The summed E-state index contributed by atoms with van der Waals surface area (Å²) >= 11 is 0. The third kappa shape index (κ3) is 1.82. The molecule has 0 amide bonds. The van der Waals surface area contributed by atoms with Crippen molar-refractivity contribution < 1.29 is 0 Å². The quantitative estimate of drug-likeness (QED) is 0.892. The minimum atomic E-state index is 0.462. The van der Waals surface area contributed by atoms with Gasteiger partial charge < -0.3 is 10.3 Å². The Morgan fingerprint density at radius 2 is 2.00 bits per heavy atom. The molecule has 1 saturated carbocycles. The lowest BCUT2D eigenvalue weighted by atomic mass is 10.1. The number of hydrogen-bond donors (Lipinski definition) is 1. The number of nitrogens with two attached hydrogens (primary N) is 1. The highest BCUT2D eigenvalue weighted by Gasteiger charge is 2.42.